The highest BCUT2D eigenvalue weighted by Gasteiger charge is 2.20. The zero-order valence-electron chi connectivity index (χ0n) is 17.5. The molecule has 6 heteroatoms. The maximum atomic E-state index is 12.5. The first-order valence-corrected chi connectivity index (χ1v) is 11.7. The number of hydrogen-bond acceptors (Lipinski definition) is 4. The molecule has 30 heavy (non-hydrogen) atoms. The van der Waals surface area contributed by atoms with Gasteiger partial charge in [0.1, 0.15) is 11.5 Å². The summed E-state index contributed by atoms with van der Waals surface area (Å²) in [7, 11) is -3.53. The van der Waals surface area contributed by atoms with Crippen molar-refractivity contribution in [3.8, 4) is 0 Å². The molecule has 3 aromatic rings. The Morgan fingerprint density at radius 2 is 1.60 bits per heavy atom. The van der Waals surface area contributed by atoms with Crippen molar-refractivity contribution in [2.75, 3.05) is 0 Å². The minimum atomic E-state index is -3.53. The smallest absolute Gasteiger partial charge is 0.287 e. The first kappa shape index (κ1) is 21.8. The fraction of sp³-hybridized carbons (Fsp3) is 0.292. The van der Waals surface area contributed by atoms with Crippen molar-refractivity contribution in [1.29, 1.82) is 0 Å². The summed E-state index contributed by atoms with van der Waals surface area (Å²) in [4.78, 5) is 12.8. The van der Waals surface area contributed by atoms with E-state index in [2.05, 4.69) is 31.3 Å². The summed E-state index contributed by atoms with van der Waals surface area (Å²) < 4.78 is 30.5. The molecule has 0 saturated heterocycles. The Morgan fingerprint density at radius 3 is 2.23 bits per heavy atom. The lowest BCUT2D eigenvalue weighted by Crippen LogP contribution is -2.26. The number of hydrogen-bond donors (Lipinski definition) is 1. The highest BCUT2D eigenvalue weighted by molar-refractivity contribution is 7.90. The highest BCUT2D eigenvalue weighted by atomic mass is 32.2. The average Bonchev–Trinajstić information content (AvgIpc) is 3.16. The molecule has 0 spiro atoms. The first-order chi connectivity index (χ1) is 14.2. The lowest BCUT2D eigenvalue weighted by Gasteiger charge is -2.14. The van der Waals surface area contributed by atoms with E-state index in [0.717, 1.165) is 12.0 Å². The topological polar surface area (TPSA) is 76.4 Å². The van der Waals surface area contributed by atoms with E-state index in [0.29, 0.717) is 5.92 Å². The van der Waals surface area contributed by atoms with E-state index in [1.165, 1.54) is 17.7 Å². The second-order valence-corrected chi connectivity index (χ2v) is 9.86. The molecule has 1 amide bonds. The van der Waals surface area contributed by atoms with Gasteiger partial charge in [-0.2, -0.15) is 0 Å². The number of amides is 1. The van der Waals surface area contributed by atoms with Crippen LogP contribution in [-0.4, -0.2) is 14.3 Å². The molecule has 1 aromatic heterocycles. The van der Waals surface area contributed by atoms with E-state index in [4.69, 9.17) is 4.42 Å². The van der Waals surface area contributed by atoms with Crippen molar-refractivity contribution < 1.29 is 17.6 Å². The van der Waals surface area contributed by atoms with Gasteiger partial charge >= 0.3 is 0 Å². The van der Waals surface area contributed by atoms with Gasteiger partial charge in [-0.3, -0.25) is 4.79 Å². The molecule has 0 radical (unpaired) electrons. The Balaban J connectivity index is 1.63. The summed E-state index contributed by atoms with van der Waals surface area (Å²) in [6.45, 7) is 6.26. The quantitative estimate of drug-likeness (QED) is 0.554. The van der Waals surface area contributed by atoms with Gasteiger partial charge in [0.15, 0.2) is 15.6 Å². The van der Waals surface area contributed by atoms with Crippen LogP contribution in [0.3, 0.4) is 0 Å². The molecule has 1 heterocycles. The van der Waals surface area contributed by atoms with Crippen molar-refractivity contribution in [3.05, 3.63) is 89.4 Å². The summed E-state index contributed by atoms with van der Waals surface area (Å²) in [6.07, 6.45) is 1.02. The van der Waals surface area contributed by atoms with Crippen molar-refractivity contribution in [2.45, 2.75) is 43.9 Å². The van der Waals surface area contributed by atoms with Crippen LogP contribution in [0.1, 0.15) is 54.3 Å². The minimum Gasteiger partial charge on any atom is -0.455 e. The molecule has 0 bridgehead atoms. The lowest BCUT2D eigenvalue weighted by molar-refractivity contribution is 0.0910. The molecule has 0 saturated carbocycles. The van der Waals surface area contributed by atoms with Crippen LogP contribution in [0.5, 0.6) is 0 Å². The van der Waals surface area contributed by atoms with Gasteiger partial charge in [0.05, 0.1) is 10.9 Å². The Kier molecular flexibility index (Phi) is 6.77. The third kappa shape index (κ3) is 5.60. The number of carbonyl (C=O) groups is 1. The van der Waals surface area contributed by atoms with Gasteiger partial charge in [-0.25, -0.2) is 8.42 Å². The van der Waals surface area contributed by atoms with E-state index in [-0.39, 0.29) is 34.1 Å². The summed E-state index contributed by atoms with van der Waals surface area (Å²) >= 11 is 0. The maximum absolute atomic E-state index is 12.5. The van der Waals surface area contributed by atoms with Crippen molar-refractivity contribution in [3.63, 3.8) is 0 Å². The van der Waals surface area contributed by atoms with Crippen molar-refractivity contribution in [1.82, 2.24) is 5.32 Å². The number of benzene rings is 2. The molecule has 3 rings (SSSR count). The Labute approximate surface area is 178 Å². The van der Waals surface area contributed by atoms with Crippen LogP contribution in [-0.2, 0) is 22.0 Å². The SMILES string of the molecule is CC(C)Cc1ccc(C(C)NC(=O)c2ccc(CS(=O)(=O)c3ccccc3)o2)cc1. The molecule has 5 nitrogen and oxygen atoms in total. The van der Waals surface area contributed by atoms with Crippen LogP contribution >= 0.6 is 0 Å². The maximum Gasteiger partial charge on any atom is 0.287 e. The fourth-order valence-electron chi connectivity index (χ4n) is 3.24. The molecular formula is C24H27NO4S. The normalized spacial score (nSPS) is 12.7. The predicted octanol–water partition coefficient (Wildman–Crippen LogP) is 4.94. The van der Waals surface area contributed by atoms with Crippen LogP contribution in [0.4, 0.5) is 0 Å². The Hall–Kier alpha value is -2.86. The van der Waals surface area contributed by atoms with Gasteiger partial charge in [0.25, 0.3) is 5.91 Å². The molecular weight excluding hydrogens is 398 g/mol. The van der Waals surface area contributed by atoms with Crippen molar-refractivity contribution in [2.24, 2.45) is 5.92 Å². The third-order valence-corrected chi connectivity index (χ3v) is 6.45. The second-order valence-electron chi connectivity index (χ2n) is 7.87. The lowest BCUT2D eigenvalue weighted by atomic mass is 10.00. The number of furan rings is 1. The number of nitrogens with one attached hydrogen (secondary N) is 1. The molecule has 0 fully saturated rings. The van der Waals surface area contributed by atoms with Crippen LogP contribution in [0.25, 0.3) is 0 Å². The molecule has 0 aliphatic heterocycles. The molecule has 1 unspecified atom stereocenters. The first-order valence-electron chi connectivity index (χ1n) is 10.0. The fourth-order valence-corrected chi connectivity index (χ4v) is 4.51. The molecule has 1 atom stereocenters. The molecule has 0 aliphatic carbocycles. The zero-order valence-corrected chi connectivity index (χ0v) is 18.3. The Bertz CT molecular complexity index is 1080. The Morgan fingerprint density at radius 1 is 0.933 bits per heavy atom. The van der Waals surface area contributed by atoms with Crippen molar-refractivity contribution >= 4 is 15.7 Å². The van der Waals surface area contributed by atoms with E-state index < -0.39 is 9.84 Å². The van der Waals surface area contributed by atoms with Gasteiger partial charge in [-0.15, -0.1) is 0 Å². The van der Waals surface area contributed by atoms with E-state index in [9.17, 15) is 13.2 Å². The third-order valence-electron chi connectivity index (χ3n) is 4.79. The van der Waals surface area contributed by atoms with Gasteiger partial charge in [0.2, 0.25) is 0 Å². The number of sulfone groups is 1. The number of rotatable bonds is 8. The zero-order chi connectivity index (χ0) is 21.7. The second kappa shape index (κ2) is 9.30. The standard InChI is InChI=1S/C24H27NO4S/c1-17(2)15-19-9-11-20(12-10-19)18(3)25-24(26)23-14-13-21(29-23)16-30(27,28)22-7-5-4-6-8-22/h4-14,17-18H,15-16H2,1-3H3,(H,25,26). The van der Waals surface area contributed by atoms with E-state index >= 15 is 0 Å². The summed E-state index contributed by atoms with van der Waals surface area (Å²) in [5, 5.41) is 2.90. The summed E-state index contributed by atoms with van der Waals surface area (Å²) in [6, 6.07) is 19.2. The predicted molar refractivity (Wildman–Crippen MR) is 117 cm³/mol. The van der Waals surface area contributed by atoms with Crippen LogP contribution in [0, 0.1) is 5.92 Å². The van der Waals surface area contributed by atoms with E-state index in [1.54, 1.807) is 30.3 Å². The molecule has 1 N–H and O–H groups in total. The highest BCUT2D eigenvalue weighted by Crippen LogP contribution is 2.20. The van der Waals surface area contributed by atoms with Gasteiger partial charge in [-0.05, 0) is 54.7 Å². The largest absolute Gasteiger partial charge is 0.455 e. The number of carbonyl (C=O) groups excluding carboxylic acids is 1. The molecule has 158 valence electrons. The van der Waals surface area contributed by atoms with Crippen LogP contribution in [0.15, 0.2) is 76.0 Å². The average molecular weight is 426 g/mol. The summed E-state index contributed by atoms with van der Waals surface area (Å²) in [5.74, 6) is 0.243. The van der Waals surface area contributed by atoms with Crippen LogP contribution in [0.2, 0.25) is 0 Å². The minimum absolute atomic E-state index is 0.0940. The van der Waals surface area contributed by atoms with Crippen LogP contribution < -0.4 is 5.32 Å². The van der Waals surface area contributed by atoms with Gasteiger partial charge < -0.3 is 9.73 Å². The van der Waals surface area contributed by atoms with Gasteiger partial charge in [0, 0.05) is 0 Å². The molecule has 0 aliphatic rings. The van der Waals surface area contributed by atoms with Gasteiger partial charge in [-0.1, -0.05) is 56.3 Å². The monoisotopic (exact) mass is 425 g/mol. The summed E-state index contributed by atoms with van der Waals surface area (Å²) in [5.41, 5.74) is 2.26. The molecule has 2 aromatic carbocycles. The van der Waals surface area contributed by atoms with E-state index in [1.807, 2.05) is 19.1 Å².